The number of hydrogen-bond acceptors (Lipinski definition) is 3. The lowest BCUT2D eigenvalue weighted by Crippen LogP contribution is -2.45. The van der Waals surface area contributed by atoms with Gasteiger partial charge in [0.1, 0.15) is 0 Å². The van der Waals surface area contributed by atoms with Crippen LogP contribution in [0.1, 0.15) is 52.4 Å². The summed E-state index contributed by atoms with van der Waals surface area (Å²) in [4.78, 5) is 4.64. The monoisotopic (exact) mass is 299 g/mol. The third-order valence-electron chi connectivity index (χ3n) is 5.43. The van der Waals surface area contributed by atoms with Crippen molar-refractivity contribution >= 4 is 5.96 Å². The van der Waals surface area contributed by atoms with E-state index in [-0.39, 0.29) is 0 Å². The molecule has 3 nitrogen and oxygen atoms in total. The van der Waals surface area contributed by atoms with Crippen LogP contribution in [0.5, 0.6) is 0 Å². The predicted molar refractivity (Wildman–Crippen MR) is 93.4 cm³/mol. The van der Waals surface area contributed by atoms with Gasteiger partial charge in [-0.2, -0.15) is 0 Å². The van der Waals surface area contributed by atoms with Gasteiger partial charge in [-0.3, -0.25) is 0 Å². The zero-order valence-corrected chi connectivity index (χ0v) is 13.9. The number of nitrogens with one attached hydrogen (secondary N) is 1. The van der Waals surface area contributed by atoms with E-state index >= 15 is 0 Å². The van der Waals surface area contributed by atoms with Crippen molar-refractivity contribution in [2.24, 2.45) is 28.5 Å². The van der Waals surface area contributed by atoms with Crippen LogP contribution in [0.3, 0.4) is 0 Å². The lowest BCUT2D eigenvalue weighted by atomic mass is 9.72. The van der Waals surface area contributed by atoms with E-state index in [4.69, 9.17) is 5.73 Å². The van der Waals surface area contributed by atoms with Crippen LogP contribution in [0.25, 0.3) is 0 Å². The van der Waals surface area contributed by atoms with Crippen LogP contribution >= 0.6 is 0 Å². The van der Waals surface area contributed by atoms with Crippen molar-refractivity contribution in [3.63, 3.8) is 0 Å². The minimum absolute atomic E-state index is 0.431. The highest BCUT2D eigenvalue weighted by Gasteiger charge is 2.45. The van der Waals surface area contributed by atoms with Crippen molar-refractivity contribution in [1.29, 1.82) is 0 Å². The van der Waals surface area contributed by atoms with E-state index in [9.17, 15) is 0 Å². The van der Waals surface area contributed by atoms with Crippen LogP contribution in [0, 0.1) is 17.8 Å². The Kier molecular flexibility index (Phi) is 4.70. The van der Waals surface area contributed by atoms with E-state index in [1.54, 1.807) is 5.57 Å². The minimum atomic E-state index is 0.431. The van der Waals surface area contributed by atoms with E-state index in [0.29, 0.717) is 23.8 Å². The summed E-state index contributed by atoms with van der Waals surface area (Å²) < 4.78 is 0. The van der Waals surface area contributed by atoms with Crippen molar-refractivity contribution in [1.82, 2.24) is 5.32 Å². The van der Waals surface area contributed by atoms with E-state index in [0.717, 1.165) is 25.2 Å². The van der Waals surface area contributed by atoms with Crippen LogP contribution in [-0.2, 0) is 0 Å². The summed E-state index contributed by atoms with van der Waals surface area (Å²) in [5, 5.41) is 3.42. The third kappa shape index (κ3) is 2.99. The summed E-state index contributed by atoms with van der Waals surface area (Å²) in [5.74, 6) is 2.69. The number of aliphatic imine (C=N–C) groups is 1. The third-order valence-corrected chi connectivity index (χ3v) is 5.43. The van der Waals surface area contributed by atoms with Crippen molar-refractivity contribution in [3.05, 3.63) is 35.6 Å². The lowest BCUT2D eigenvalue weighted by molar-refractivity contribution is 0.302. The number of nitrogens with zero attached hydrogens (tertiary/aromatic N) is 1. The van der Waals surface area contributed by atoms with Gasteiger partial charge in [0, 0.05) is 11.6 Å². The molecule has 1 saturated carbocycles. The molecule has 0 radical (unpaired) electrons. The Balaban J connectivity index is 1.76. The standard InChI is InChI=1S/C19H29N3/c1-3-4-5-6-7-8-9-15-13(2)12-14-10-11-16-17(14)18(15)22-19(20)21-16/h4-5,7-8,13-14,16-17H,3,6,9-12H2,1-2H3,(H3,20,21,22)/b5-4-,8-7-/t13-,14+,16+,17+/m1/s1. The first-order valence-corrected chi connectivity index (χ1v) is 8.84. The summed E-state index contributed by atoms with van der Waals surface area (Å²) >= 11 is 0. The number of hydrogen-bond donors (Lipinski definition) is 2. The highest BCUT2D eigenvalue weighted by Crippen LogP contribution is 2.49. The van der Waals surface area contributed by atoms with Gasteiger partial charge in [0.25, 0.3) is 0 Å². The van der Waals surface area contributed by atoms with Crippen LogP contribution < -0.4 is 11.1 Å². The first-order valence-electron chi connectivity index (χ1n) is 8.84. The molecular weight excluding hydrogens is 270 g/mol. The Hall–Kier alpha value is -1.51. The van der Waals surface area contributed by atoms with E-state index in [1.807, 2.05) is 0 Å². The van der Waals surface area contributed by atoms with Gasteiger partial charge >= 0.3 is 0 Å². The minimum Gasteiger partial charge on any atom is -0.370 e. The maximum absolute atomic E-state index is 6.02. The summed E-state index contributed by atoms with van der Waals surface area (Å²) in [6.07, 6.45) is 16.1. The topological polar surface area (TPSA) is 50.4 Å². The average molecular weight is 299 g/mol. The molecule has 1 fully saturated rings. The van der Waals surface area contributed by atoms with Crippen molar-refractivity contribution in [2.45, 2.75) is 58.4 Å². The second kappa shape index (κ2) is 6.72. The molecule has 2 aliphatic carbocycles. The van der Waals surface area contributed by atoms with Gasteiger partial charge in [0.05, 0.1) is 6.04 Å². The van der Waals surface area contributed by atoms with Crippen LogP contribution in [-0.4, -0.2) is 12.0 Å². The zero-order valence-electron chi connectivity index (χ0n) is 13.9. The molecule has 3 aliphatic rings. The van der Waals surface area contributed by atoms with Gasteiger partial charge in [-0.25, -0.2) is 4.99 Å². The maximum atomic E-state index is 6.02. The largest absolute Gasteiger partial charge is 0.370 e. The zero-order chi connectivity index (χ0) is 15.5. The summed E-state index contributed by atoms with van der Waals surface area (Å²) in [5.41, 5.74) is 8.99. The summed E-state index contributed by atoms with van der Waals surface area (Å²) in [7, 11) is 0. The second-order valence-electron chi connectivity index (χ2n) is 6.94. The van der Waals surface area contributed by atoms with Gasteiger partial charge in [0.15, 0.2) is 5.96 Å². The number of allylic oxidation sites excluding steroid dienone is 5. The Morgan fingerprint density at radius 2 is 2.05 bits per heavy atom. The average Bonchev–Trinajstić information content (AvgIpc) is 2.88. The van der Waals surface area contributed by atoms with E-state index in [2.05, 4.69) is 48.5 Å². The molecule has 0 bridgehead atoms. The first-order chi connectivity index (χ1) is 10.7. The molecule has 0 saturated heterocycles. The molecule has 4 atom stereocenters. The summed E-state index contributed by atoms with van der Waals surface area (Å²) in [6, 6.07) is 0.431. The highest BCUT2D eigenvalue weighted by molar-refractivity contribution is 5.81. The highest BCUT2D eigenvalue weighted by atomic mass is 15.2. The molecule has 22 heavy (non-hydrogen) atoms. The predicted octanol–water partition coefficient (Wildman–Crippen LogP) is 3.90. The van der Waals surface area contributed by atoms with Gasteiger partial charge in [-0.1, -0.05) is 38.2 Å². The molecule has 0 amide bonds. The van der Waals surface area contributed by atoms with Crippen LogP contribution in [0.4, 0.5) is 0 Å². The molecule has 0 aromatic carbocycles. The summed E-state index contributed by atoms with van der Waals surface area (Å²) in [6.45, 7) is 4.55. The molecule has 0 spiro atoms. The fourth-order valence-corrected chi connectivity index (χ4v) is 4.44. The number of rotatable bonds is 5. The lowest BCUT2D eigenvalue weighted by Gasteiger charge is -2.39. The quantitative estimate of drug-likeness (QED) is 0.757. The SMILES string of the molecule is CC/C=C\C/C=C\CC1=C2NC(N)=N[C@H]3CC[C@@H](C[C@H]1C)[C@H]23. The number of guanidine groups is 1. The fourth-order valence-electron chi connectivity index (χ4n) is 4.44. The normalized spacial score (nSPS) is 34.2. The van der Waals surface area contributed by atoms with Gasteiger partial charge in [0.2, 0.25) is 0 Å². The van der Waals surface area contributed by atoms with Crippen molar-refractivity contribution in [2.75, 3.05) is 0 Å². The van der Waals surface area contributed by atoms with Crippen LogP contribution in [0.15, 0.2) is 40.6 Å². The van der Waals surface area contributed by atoms with Gasteiger partial charge < -0.3 is 11.1 Å². The molecule has 1 heterocycles. The Morgan fingerprint density at radius 1 is 1.23 bits per heavy atom. The molecule has 3 N–H and O–H groups in total. The molecule has 3 rings (SSSR count). The Morgan fingerprint density at radius 3 is 2.86 bits per heavy atom. The van der Waals surface area contributed by atoms with E-state index in [1.165, 1.54) is 25.0 Å². The maximum Gasteiger partial charge on any atom is 0.193 e. The molecule has 0 unspecified atom stereocenters. The molecule has 0 aromatic rings. The van der Waals surface area contributed by atoms with E-state index < -0.39 is 0 Å². The van der Waals surface area contributed by atoms with Crippen LogP contribution in [0.2, 0.25) is 0 Å². The fraction of sp³-hybridized carbons (Fsp3) is 0.632. The van der Waals surface area contributed by atoms with Gasteiger partial charge in [-0.05, 0) is 55.9 Å². The molecular formula is C19H29N3. The second-order valence-corrected chi connectivity index (χ2v) is 6.94. The number of nitrogens with two attached hydrogens (primary N) is 1. The van der Waals surface area contributed by atoms with Crippen molar-refractivity contribution in [3.8, 4) is 0 Å². The van der Waals surface area contributed by atoms with Crippen molar-refractivity contribution < 1.29 is 0 Å². The Bertz CT molecular complexity index is 527. The molecule has 3 heteroatoms. The van der Waals surface area contributed by atoms with Gasteiger partial charge in [-0.15, -0.1) is 0 Å². The molecule has 120 valence electrons. The Labute approximate surface area is 134 Å². The molecule has 1 aliphatic heterocycles. The molecule has 0 aromatic heterocycles. The smallest absolute Gasteiger partial charge is 0.193 e. The first kappa shape index (κ1) is 15.4.